The second-order valence-electron chi connectivity index (χ2n) is 6.47. The van der Waals surface area contributed by atoms with E-state index in [1.54, 1.807) is 0 Å². The molecule has 0 amide bonds. The quantitative estimate of drug-likeness (QED) is 0.703. The Hall–Kier alpha value is -0.370. The van der Waals surface area contributed by atoms with Crippen molar-refractivity contribution in [2.45, 2.75) is 78.7 Å². The second-order valence-corrected chi connectivity index (χ2v) is 6.47. The lowest BCUT2D eigenvalue weighted by molar-refractivity contribution is -0.156. The number of rotatable bonds is 6. The molecular formula is C16H30O2. The van der Waals surface area contributed by atoms with Crippen molar-refractivity contribution in [2.24, 2.45) is 11.3 Å². The molecule has 0 N–H and O–H groups in total. The molecule has 0 bridgehead atoms. The first kappa shape index (κ1) is 15.7. The van der Waals surface area contributed by atoms with Gasteiger partial charge in [0.2, 0.25) is 0 Å². The Kier molecular flexibility index (Phi) is 5.39. The Morgan fingerprint density at radius 2 is 1.56 bits per heavy atom. The topological polar surface area (TPSA) is 26.3 Å². The lowest BCUT2D eigenvalue weighted by Crippen LogP contribution is -2.49. The van der Waals surface area contributed by atoms with Crippen molar-refractivity contribution in [3.63, 3.8) is 0 Å². The smallest absolute Gasteiger partial charge is 0.167 e. The monoisotopic (exact) mass is 254 g/mol. The Morgan fingerprint density at radius 3 is 1.94 bits per heavy atom. The molecule has 0 aromatic rings. The summed E-state index contributed by atoms with van der Waals surface area (Å²) in [6.45, 7) is 11.5. The van der Waals surface area contributed by atoms with Gasteiger partial charge < -0.3 is 4.74 Å². The van der Waals surface area contributed by atoms with E-state index in [2.05, 4.69) is 27.7 Å². The molecule has 2 nitrogen and oxygen atoms in total. The van der Waals surface area contributed by atoms with Crippen molar-refractivity contribution in [1.29, 1.82) is 0 Å². The molecule has 1 aliphatic rings. The first-order valence-corrected chi connectivity index (χ1v) is 7.59. The van der Waals surface area contributed by atoms with Crippen molar-refractivity contribution >= 4 is 5.78 Å². The molecule has 0 spiro atoms. The van der Waals surface area contributed by atoms with Crippen LogP contribution in [-0.4, -0.2) is 18.0 Å². The lowest BCUT2D eigenvalue weighted by Gasteiger charge is -2.43. The standard InChI is InChI=1S/C16H30O2/c1-6-13(7-2)14(17)16(18-8-3)11-9-15(4,5)10-12-16/h13H,6-12H2,1-5H3. The third-order valence-electron chi connectivity index (χ3n) is 4.64. The first-order valence-electron chi connectivity index (χ1n) is 7.59. The Bertz CT molecular complexity index is 267. The zero-order chi connectivity index (χ0) is 13.8. The van der Waals surface area contributed by atoms with Crippen molar-refractivity contribution in [1.82, 2.24) is 0 Å². The molecule has 0 aromatic heterocycles. The van der Waals surface area contributed by atoms with E-state index in [1.165, 1.54) is 0 Å². The van der Waals surface area contributed by atoms with Crippen LogP contribution in [0, 0.1) is 11.3 Å². The summed E-state index contributed by atoms with van der Waals surface area (Å²) >= 11 is 0. The van der Waals surface area contributed by atoms with Crippen LogP contribution in [0.25, 0.3) is 0 Å². The highest BCUT2D eigenvalue weighted by Gasteiger charge is 2.46. The molecule has 0 heterocycles. The highest BCUT2D eigenvalue weighted by molar-refractivity contribution is 5.89. The van der Waals surface area contributed by atoms with Crippen LogP contribution in [0.4, 0.5) is 0 Å². The third-order valence-corrected chi connectivity index (χ3v) is 4.64. The number of hydrogen-bond acceptors (Lipinski definition) is 2. The molecule has 0 radical (unpaired) electrons. The van der Waals surface area contributed by atoms with E-state index in [4.69, 9.17) is 4.74 Å². The molecule has 0 saturated heterocycles. The van der Waals surface area contributed by atoms with Crippen LogP contribution in [0.2, 0.25) is 0 Å². The fourth-order valence-corrected chi connectivity index (χ4v) is 3.10. The van der Waals surface area contributed by atoms with E-state index in [1.807, 2.05) is 6.92 Å². The molecule has 0 atom stereocenters. The molecular weight excluding hydrogens is 224 g/mol. The van der Waals surface area contributed by atoms with Gasteiger partial charge in [0.15, 0.2) is 5.78 Å². The highest BCUT2D eigenvalue weighted by atomic mass is 16.5. The van der Waals surface area contributed by atoms with Crippen LogP contribution in [-0.2, 0) is 9.53 Å². The predicted molar refractivity (Wildman–Crippen MR) is 75.7 cm³/mol. The molecule has 1 rings (SSSR count). The summed E-state index contributed by atoms with van der Waals surface area (Å²) in [5, 5.41) is 0. The van der Waals surface area contributed by atoms with E-state index in [-0.39, 0.29) is 5.92 Å². The summed E-state index contributed by atoms with van der Waals surface area (Å²) in [7, 11) is 0. The third kappa shape index (κ3) is 3.34. The van der Waals surface area contributed by atoms with Gasteiger partial charge in [-0.05, 0) is 50.9 Å². The SMILES string of the molecule is CCOC1(C(=O)C(CC)CC)CCC(C)(C)CC1. The Morgan fingerprint density at radius 1 is 1.06 bits per heavy atom. The summed E-state index contributed by atoms with van der Waals surface area (Å²) in [4.78, 5) is 12.8. The average Bonchev–Trinajstić information content (AvgIpc) is 2.34. The average molecular weight is 254 g/mol. The van der Waals surface area contributed by atoms with Crippen molar-refractivity contribution < 1.29 is 9.53 Å². The van der Waals surface area contributed by atoms with Crippen molar-refractivity contribution in [3.8, 4) is 0 Å². The highest BCUT2D eigenvalue weighted by Crippen LogP contribution is 2.44. The van der Waals surface area contributed by atoms with Gasteiger partial charge in [-0.2, -0.15) is 0 Å². The normalized spacial score (nSPS) is 22.1. The van der Waals surface area contributed by atoms with E-state index >= 15 is 0 Å². The van der Waals surface area contributed by atoms with Crippen molar-refractivity contribution in [2.75, 3.05) is 6.61 Å². The van der Waals surface area contributed by atoms with Gasteiger partial charge in [-0.25, -0.2) is 0 Å². The fraction of sp³-hybridized carbons (Fsp3) is 0.938. The van der Waals surface area contributed by atoms with Crippen molar-refractivity contribution in [3.05, 3.63) is 0 Å². The fourth-order valence-electron chi connectivity index (χ4n) is 3.10. The van der Waals surface area contributed by atoms with Gasteiger partial charge in [-0.1, -0.05) is 27.7 Å². The minimum atomic E-state index is -0.471. The molecule has 1 aliphatic carbocycles. The molecule has 0 aliphatic heterocycles. The summed E-state index contributed by atoms with van der Waals surface area (Å²) in [6.07, 6.45) is 5.88. The van der Waals surface area contributed by atoms with Gasteiger partial charge >= 0.3 is 0 Å². The van der Waals surface area contributed by atoms with E-state index < -0.39 is 5.60 Å². The van der Waals surface area contributed by atoms with Gasteiger partial charge in [-0.15, -0.1) is 0 Å². The summed E-state index contributed by atoms with van der Waals surface area (Å²) < 4.78 is 5.96. The van der Waals surface area contributed by atoms with Gasteiger partial charge in [0.25, 0.3) is 0 Å². The summed E-state index contributed by atoms with van der Waals surface area (Å²) in [6, 6.07) is 0. The largest absolute Gasteiger partial charge is 0.367 e. The zero-order valence-corrected chi connectivity index (χ0v) is 12.8. The summed E-state index contributed by atoms with van der Waals surface area (Å²) in [5.41, 5.74) is -0.101. The van der Waals surface area contributed by atoms with Crippen LogP contribution >= 0.6 is 0 Å². The maximum atomic E-state index is 12.8. The molecule has 18 heavy (non-hydrogen) atoms. The lowest BCUT2D eigenvalue weighted by atomic mass is 9.67. The molecule has 0 unspecified atom stereocenters. The minimum Gasteiger partial charge on any atom is -0.367 e. The first-order chi connectivity index (χ1) is 8.40. The number of carbonyl (C=O) groups excluding carboxylic acids is 1. The number of ketones is 1. The maximum Gasteiger partial charge on any atom is 0.167 e. The number of Topliss-reactive ketones (excluding diaryl/α,β-unsaturated/α-hetero) is 1. The van der Waals surface area contributed by atoms with Crippen LogP contribution in [0.5, 0.6) is 0 Å². The number of ether oxygens (including phenoxy) is 1. The second kappa shape index (κ2) is 6.18. The predicted octanol–water partition coefficient (Wildman–Crippen LogP) is 4.37. The molecule has 0 aromatic carbocycles. The van der Waals surface area contributed by atoms with Gasteiger partial charge in [0.1, 0.15) is 5.60 Å². The number of carbonyl (C=O) groups is 1. The molecule has 1 saturated carbocycles. The Balaban J connectivity index is 2.85. The van der Waals surface area contributed by atoms with Crippen LogP contribution < -0.4 is 0 Å². The van der Waals surface area contributed by atoms with Gasteiger partial charge in [0, 0.05) is 12.5 Å². The van der Waals surface area contributed by atoms with E-state index in [0.29, 0.717) is 17.8 Å². The van der Waals surface area contributed by atoms with Crippen LogP contribution in [0.15, 0.2) is 0 Å². The van der Waals surface area contributed by atoms with Gasteiger partial charge in [-0.3, -0.25) is 4.79 Å². The molecule has 106 valence electrons. The molecule has 1 fully saturated rings. The van der Waals surface area contributed by atoms with E-state index in [9.17, 15) is 4.79 Å². The van der Waals surface area contributed by atoms with Crippen LogP contribution in [0.1, 0.15) is 73.1 Å². The van der Waals surface area contributed by atoms with E-state index in [0.717, 1.165) is 38.5 Å². The number of hydrogen-bond donors (Lipinski definition) is 0. The minimum absolute atomic E-state index is 0.178. The van der Waals surface area contributed by atoms with Gasteiger partial charge in [0.05, 0.1) is 0 Å². The maximum absolute atomic E-state index is 12.8. The molecule has 2 heteroatoms. The summed E-state index contributed by atoms with van der Waals surface area (Å²) in [5.74, 6) is 0.544. The van der Waals surface area contributed by atoms with Crippen LogP contribution in [0.3, 0.4) is 0 Å². The zero-order valence-electron chi connectivity index (χ0n) is 12.8. The Labute approximate surface area is 112 Å².